The predicted molar refractivity (Wildman–Crippen MR) is 92.8 cm³/mol. The highest BCUT2D eigenvalue weighted by atomic mass is 32.2. The van der Waals surface area contributed by atoms with Crippen LogP contribution in [0.25, 0.3) is 0 Å². The number of aromatic nitrogens is 1. The Balaban J connectivity index is 1.76. The number of carbonyl (C=O) groups excluding carboxylic acids is 1. The van der Waals surface area contributed by atoms with Crippen LogP contribution in [-0.4, -0.2) is 19.5 Å². The Bertz CT molecular complexity index is 1080. The number of amides is 1. The van der Waals surface area contributed by atoms with E-state index in [2.05, 4.69) is 15.2 Å². The first-order valence-electron chi connectivity index (χ1n) is 7.57. The molecule has 3 aromatic rings. The summed E-state index contributed by atoms with van der Waals surface area (Å²) in [6.07, 6.45) is 1.27. The Labute approximate surface area is 153 Å². The van der Waals surface area contributed by atoms with Gasteiger partial charge < -0.3 is 9.84 Å². The van der Waals surface area contributed by atoms with Gasteiger partial charge in [0.05, 0.1) is 6.20 Å². The number of benzene rings is 2. The fourth-order valence-electron chi connectivity index (χ4n) is 2.28. The molecule has 0 spiro atoms. The minimum Gasteiger partial charge on any atom is -0.361 e. The molecule has 0 aliphatic carbocycles. The summed E-state index contributed by atoms with van der Waals surface area (Å²) in [5.74, 6) is -2.50. The van der Waals surface area contributed by atoms with Crippen molar-refractivity contribution in [2.45, 2.75) is 11.8 Å². The molecule has 0 fully saturated rings. The van der Waals surface area contributed by atoms with Gasteiger partial charge in [-0.15, -0.1) is 0 Å². The SMILES string of the molecule is Cc1oncc1C(=O)Nc1ccc(NS(=O)(=O)c2c(F)cccc2F)cc1. The number of aryl methyl sites for hydroxylation is 1. The molecule has 10 heteroatoms. The van der Waals surface area contributed by atoms with Crippen molar-refractivity contribution < 1.29 is 26.5 Å². The smallest absolute Gasteiger partial charge is 0.267 e. The molecule has 0 radical (unpaired) electrons. The molecular weight excluding hydrogens is 380 g/mol. The van der Waals surface area contributed by atoms with E-state index in [4.69, 9.17) is 4.52 Å². The Morgan fingerprint density at radius 3 is 2.19 bits per heavy atom. The maximum absolute atomic E-state index is 13.7. The average Bonchev–Trinajstić information content (AvgIpc) is 3.02. The molecule has 3 rings (SSSR count). The molecule has 2 N–H and O–H groups in total. The van der Waals surface area contributed by atoms with Gasteiger partial charge in [-0.05, 0) is 43.3 Å². The zero-order valence-electron chi connectivity index (χ0n) is 13.9. The normalized spacial score (nSPS) is 11.2. The van der Waals surface area contributed by atoms with Crippen LogP contribution in [0.15, 0.2) is 58.1 Å². The Hall–Kier alpha value is -3.27. The minimum atomic E-state index is -4.46. The first kappa shape index (κ1) is 18.5. The van der Waals surface area contributed by atoms with Crippen molar-refractivity contribution in [1.29, 1.82) is 0 Å². The fourth-order valence-corrected chi connectivity index (χ4v) is 3.48. The van der Waals surface area contributed by atoms with Crippen LogP contribution in [0.2, 0.25) is 0 Å². The molecule has 1 heterocycles. The first-order chi connectivity index (χ1) is 12.8. The van der Waals surface area contributed by atoms with Crippen LogP contribution in [0.4, 0.5) is 20.2 Å². The van der Waals surface area contributed by atoms with E-state index < -0.39 is 32.5 Å². The molecule has 140 valence electrons. The van der Waals surface area contributed by atoms with Gasteiger partial charge in [-0.1, -0.05) is 11.2 Å². The van der Waals surface area contributed by atoms with Crippen LogP contribution in [-0.2, 0) is 10.0 Å². The van der Waals surface area contributed by atoms with Gasteiger partial charge in [0.25, 0.3) is 15.9 Å². The first-order valence-corrected chi connectivity index (χ1v) is 9.06. The van der Waals surface area contributed by atoms with E-state index in [1.54, 1.807) is 6.92 Å². The van der Waals surface area contributed by atoms with Crippen molar-refractivity contribution in [2.24, 2.45) is 0 Å². The van der Waals surface area contributed by atoms with E-state index in [0.29, 0.717) is 11.4 Å². The third kappa shape index (κ3) is 3.95. The van der Waals surface area contributed by atoms with Crippen molar-refractivity contribution in [3.05, 3.63) is 71.6 Å². The second kappa shape index (κ2) is 7.16. The maximum atomic E-state index is 13.7. The molecule has 2 aromatic carbocycles. The van der Waals surface area contributed by atoms with E-state index >= 15 is 0 Å². The van der Waals surface area contributed by atoms with E-state index in [9.17, 15) is 22.0 Å². The molecule has 0 unspecified atom stereocenters. The van der Waals surface area contributed by atoms with Crippen molar-refractivity contribution in [3.8, 4) is 0 Å². The van der Waals surface area contributed by atoms with E-state index in [1.807, 2.05) is 0 Å². The number of anilines is 2. The molecule has 27 heavy (non-hydrogen) atoms. The lowest BCUT2D eigenvalue weighted by Crippen LogP contribution is -2.16. The topological polar surface area (TPSA) is 101 Å². The van der Waals surface area contributed by atoms with Crippen LogP contribution in [0.1, 0.15) is 16.1 Å². The summed E-state index contributed by atoms with van der Waals surface area (Å²) in [5.41, 5.74) is 0.701. The molecule has 1 aromatic heterocycles. The number of halogens is 2. The third-order valence-corrected chi connectivity index (χ3v) is 5.01. The van der Waals surface area contributed by atoms with Crippen LogP contribution in [0.3, 0.4) is 0 Å². The Morgan fingerprint density at radius 1 is 1.04 bits per heavy atom. The second-order valence-corrected chi connectivity index (χ2v) is 7.10. The van der Waals surface area contributed by atoms with Gasteiger partial charge >= 0.3 is 0 Å². The number of rotatable bonds is 5. The molecule has 7 nitrogen and oxygen atoms in total. The second-order valence-electron chi connectivity index (χ2n) is 5.48. The standard InChI is InChI=1S/C17H13F2N3O4S/c1-10-13(9-20-26-10)17(23)21-11-5-7-12(8-6-11)22-27(24,25)16-14(18)3-2-4-15(16)19/h2-9,22H,1H3,(H,21,23). The quantitative estimate of drug-likeness (QED) is 0.693. The highest BCUT2D eigenvalue weighted by Gasteiger charge is 2.23. The number of hydrogen-bond acceptors (Lipinski definition) is 5. The van der Waals surface area contributed by atoms with E-state index in [0.717, 1.165) is 18.2 Å². The average molecular weight is 393 g/mol. The maximum Gasteiger partial charge on any atom is 0.267 e. The molecular formula is C17H13F2N3O4S. The Morgan fingerprint density at radius 2 is 1.63 bits per heavy atom. The number of sulfonamides is 1. The zero-order valence-corrected chi connectivity index (χ0v) is 14.7. The van der Waals surface area contributed by atoms with Crippen molar-refractivity contribution in [3.63, 3.8) is 0 Å². The largest absolute Gasteiger partial charge is 0.361 e. The lowest BCUT2D eigenvalue weighted by molar-refractivity contribution is 0.102. The number of nitrogens with zero attached hydrogens (tertiary/aromatic N) is 1. The Kier molecular flexibility index (Phi) is 4.91. The molecule has 0 aliphatic rings. The summed E-state index contributed by atoms with van der Waals surface area (Å²) in [6.45, 7) is 1.58. The molecule has 0 aliphatic heterocycles. The highest BCUT2D eigenvalue weighted by Crippen LogP contribution is 2.23. The van der Waals surface area contributed by atoms with Gasteiger partial charge in [0.2, 0.25) is 0 Å². The predicted octanol–water partition coefficient (Wildman–Crippen LogP) is 3.31. The highest BCUT2D eigenvalue weighted by molar-refractivity contribution is 7.92. The summed E-state index contributed by atoms with van der Waals surface area (Å²) in [6, 6.07) is 8.30. The van der Waals surface area contributed by atoms with Crippen LogP contribution >= 0.6 is 0 Å². The zero-order chi connectivity index (χ0) is 19.6. The number of carbonyl (C=O) groups is 1. The summed E-state index contributed by atoms with van der Waals surface area (Å²) in [7, 11) is -4.46. The van der Waals surface area contributed by atoms with Crippen LogP contribution in [0, 0.1) is 18.6 Å². The van der Waals surface area contributed by atoms with Gasteiger partial charge in [0.1, 0.15) is 23.0 Å². The van der Waals surface area contributed by atoms with Gasteiger partial charge in [0.15, 0.2) is 4.90 Å². The van der Waals surface area contributed by atoms with Crippen molar-refractivity contribution in [2.75, 3.05) is 10.0 Å². The van der Waals surface area contributed by atoms with Gasteiger partial charge in [-0.3, -0.25) is 9.52 Å². The van der Waals surface area contributed by atoms with E-state index in [1.165, 1.54) is 30.5 Å². The molecule has 0 bridgehead atoms. The lowest BCUT2D eigenvalue weighted by atomic mass is 10.2. The minimum absolute atomic E-state index is 0.0665. The third-order valence-electron chi connectivity index (χ3n) is 3.58. The van der Waals surface area contributed by atoms with Crippen LogP contribution < -0.4 is 10.0 Å². The summed E-state index contributed by atoms with van der Waals surface area (Å²) >= 11 is 0. The van der Waals surface area contributed by atoms with E-state index in [-0.39, 0.29) is 11.3 Å². The van der Waals surface area contributed by atoms with Gasteiger partial charge in [-0.2, -0.15) is 0 Å². The molecule has 0 saturated heterocycles. The van der Waals surface area contributed by atoms with Crippen molar-refractivity contribution in [1.82, 2.24) is 5.16 Å². The summed E-state index contributed by atoms with van der Waals surface area (Å²) in [4.78, 5) is 11.0. The fraction of sp³-hybridized carbons (Fsp3) is 0.0588. The number of nitrogens with one attached hydrogen (secondary N) is 2. The van der Waals surface area contributed by atoms with Gasteiger partial charge in [-0.25, -0.2) is 17.2 Å². The molecule has 0 saturated carbocycles. The number of hydrogen-bond donors (Lipinski definition) is 2. The molecule has 1 amide bonds. The summed E-state index contributed by atoms with van der Waals surface area (Å²) < 4.78 is 58.7. The van der Waals surface area contributed by atoms with Gasteiger partial charge in [0, 0.05) is 11.4 Å². The van der Waals surface area contributed by atoms with Crippen molar-refractivity contribution >= 4 is 27.3 Å². The lowest BCUT2D eigenvalue weighted by Gasteiger charge is -2.10. The van der Waals surface area contributed by atoms with Crippen LogP contribution in [0.5, 0.6) is 0 Å². The summed E-state index contributed by atoms with van der Waals surface area (Å²) in [5, 5.41) is 6.10. The molecule has 0 atom stereocenters. The monoisotopic (exact) mass is 393 g/mol.